The number of benzene rings is 2. The zero-order chi connectivity index (χ0) is 15.8. The number of H-pyrrole nitrogens is 1. The van der Waals surface area contributed by atoms with Gasteiger partial charge in [0.2, 0.25) is 0 Å². The molecule has 7 nitrogen and oxygen atoms in total. The van der Waals surface area contributed by atoms with Crippen LogP contribution in [0.1, 0.15) is 0 Å². The van der Waals surface area contributed by atoms with Crippen LogP contribution in [0.2, 0.25) is 0 Å². The van der Waals surface area contributed by atoms with Gasteiger partial charge >= 0.3 is 11.6 Å². The Morgan fingerprint density at radius 2 is 1.91 bits per heavy atom. The highest BCUT2D eigenvalue weighted by Gasteiger charge is 2.17. The molecule has 0 unspecified atom stereocenters. The van der Waals surface area contributed by atoms with Gasteiger partial charge in [0, 0.05) is 22.4 Å². The smallest absolute Gasteiger partial charge is 0.349 e. The minimum Gasteiger partial charge on any atom is -0.434 e. The van der Waals surface area contributed by atoms with Crippen molar-refractivity contribution >= 4 is 27.5 Å². The predicted octanol–water partition coefficient (Wildman–Crippen LogP) is 3.81. The van der Waals surface area contributed by atoms with Crippen LogP contribution in [0.4, 0.5) is 5.69 Å². The van der Waals surface area contributed by atoms with Gasteiger partial charge in [-0.3, -0.25) is 10.1 Å². The Morgan fingerprint density at radius 3 is 2.78 bits per heavy atom. The van der Waals surface area contributed by atoms with Crippen LogP contribution >= 0.6 is 0 Å². The van der Waals surface area contributed by atoms with Crippen molar-refractivity contribution in [2.45, 2.75) is 0 Å². The summed E-state index contributed by atoms with van der Waals surface area (Å²) in [4.78, 5) is 21.2. The third kappa shape index (κ3) is 2.24. The molecule has 0 fully saturated rings. The van der Waals surface area contributed by atoms with E-state index in [2.05, 4.69) is 15.0 Å². The van der Waals surface area contributed by atoms with E-state index in [0.717, 1.165) is 28.0 Å². The number of aromatic nitrogens is 3. The molecule has 1 N–H and O–H groups in total. The average Bonchev–Trinajstić information content (AvgIpc) is 2.93. The lowest BCUT2D eigenvalue weighted by molar-refractivity contribution is -0.386. The number of nitrogens with one attached hydrogen (secondary N) is 1. The number of fused-ring (bicyclic) bond motifs is 3. The molecule has 0 atom stereocenters. The van der Waals surface area contributed by atoms with Gasteiger partial charge in [-0.05, 0) is 18.2 Å². The quantitative estimate of drug-likeness (QED) is 0.459. The molecule has 0 spiro atoms. The van der Waals surface area contributed by atoms with Crippen LogP contribution < -0.4 is 4.74 Å². The van der Waals surface area contributed by atoms with Crippen molar-refractivity contribution in [2.24, 2.45) is 0 Å². The normalized spacial score (nSPS) is 11.0. The number of nitro groups is 1. The maximum absolute atomic E-state index is 11.0. The molecule has 0 aliphatic heterocycles. The number of para-hydroxylation sites is 1. The molecule has 4 rings (SSSR count). The van der Waals surface area contributed by atoms with Gasteiger partial charge in [0.25, 0.3) is 0 Å². The molecular formula is C16H10N4O3. The standard InChI is InChI=1S/C16H10N4O3/c21-20(22)15-8-17-9-18-16(15)23-10-5-6-12-11-3-1-2-4-13(11)19-14(12)7-10/h1-9,19H. The van der Waals surface area contributed by atoms with Crippen molar-refractivity contribution in [3.05, 3.63) is 65.1 Å². The first-order chi connectivity index (χ1) is 11.2. The van der Waals surface area contributed by atoms with Gasteiger partial charge in [0.15, 0.2) is 0 Å². The Kier molecular flexibility index (Phi) is 2.90. The van der Waals surface area contributed by atoms with Crippen molar-refractivity contribution in [1.29, 1.82) is 0 Å². The number of rotatable bonds is 3. The molecule has 0 saturated heterocycles. The predicted molar refractivity (Wildman–Crippen MR) is 84.6 cm³/mol. The minimum absolute atomic E-state index is 0.0829. The first-order valence-electron chi connectivity index (χ1n) is 6.85. The lowest BCUT2D eigenvalue weighted by atomic mass is 10.1. The molecule has 2 aromatic heterocycles. The van der Waals surface area contributed by atoms with E-state index in [9.17, 15) is 10.1 Å². The fourth-order valence-corrected chi connectivity index (χ4v) is 2.52. The fraction of sp³-hybridized carbons (Fsp3) is 0. The van der Waals surface area contributed by atoms with E-state index in [1.165, 1.54) is 6.33 Å². The van der Waals surface area contributed by atoms with Crippen LogP contribution in [-0.4, -0.2) is 19.9 Å². The van der Waals surface area contributed by atoms with E-state index in [0.29, 0.717) is 5.75 Å². The third-order valence-corrected chi connectivity index (χ3v) is 3.55. The van der Waals surface area contributed by atoms with Gasteiger partial charge in [0.05, 0.1) is 10.4 Å². The topological polar surface area (TPSA) is 93.9 Å². The van der Waals surface area contributed by atoms with Crippen molar-refractivity contribution in [1.82, 2.24) is 15.0 Å². The molecule has 7 heteroatoms. The average molecular weight is 306 g/mol. The summed E-state index contributed by atoms with van der Waals surface area (Å²) in [6.07, 6.45) is 2.33. The number of ether oxygens (including phenoxy) is 1. The summed E-state index contributed by atoms with van der Waals surface area (Å²) in [5.41, 5.74) is 1.64. The van der Waals surface area contributed by atoms with Gasteiger partial charge in [-0.2, -0.15) is 4.98 Å². The van der Waals surface area contributed by atoms with Crippen molar-refractivity contribution in [2.75, 3.05) is 0 Å². The number of hydrogen-bond acceptors (Lipinski definition) is 5. The molecule has 0 aliphatic rings. The van der Waals surface area contributed by atoms with E-state index < -0.39 is 4.92 Å². The zero-order valence-electron chi connectivity index (χ0n) is 11.8. The number of aromatic amines is 1. The summed E-state index contributed by atoms with van der Waals surface area (Å²) in [6, 6.07) is 13.4. The highest BCUT2D eigenvalue weighted by Crippen LogP contribution is 2.32. The highest BCUT2D eigenvalue weighted by atomic mass is 16.6. The Labute approximate surface area is 129 Å². The highest BCUT2D eigenvalue weighted by molar-refractivity contribution is 6.07. The summed E-state index contributed by atoms with van der Waals surface area (Å²) >= 11 is 0. The van der Waals surface area contributed by atoms with Crippen molar-refractivity contribution in [3.63, 3.8) is 0 Å². The van der Waals surface area contributed by atoms with Gasteiger partial charge in [-0.25, -0.2) is 4.98 Å². The Bertz CT molecular complexity index is 1040. The van der Waals surface area contributed by atoms with Crippen molar-refractivity contribution in [3.8, 4) is 11.6 Å². The SMILES string of the molecule is O=[N+]([O-])c1cncnc1Oc1ccc2c(c1)[nH]c1ccccc12. The molecule has 2 aromatic carbocycles. The Hall–Kier alpha value is -3.48. The fourth-order valence-electron chi connectivity index (χ4n) is 2.52. The third-order valence-electron chi connectivity index (χ3n) is 3.55. The second-order valence-corrected chi connectivity index (χ2v) is 4.95. The van der Waals surface area contributed by atoms with E-state index >= 15 is 0 Å². The lowest BCUT2D eigenvalue weighted by Crippen LogP contribution is -1.96. The number of hydrogen-bond donors (Lipinski definition) is 1. The molecule has 23 heavy (non-hydrogen) atoms. The van der Waals surface area contributed by atoms with E-state index in [4.69, 9.17) is 4.74 Å². The number of nitrogens with zero attached hydrogens (tertiary/aromatic N) is 3. The van der Waals surface area contributed by atoms with Crippen LogP contribution in [0.25, 0.3) is 21.8 Å². The van der Waals surface area contributed by atoms with Gasteiger partial charge in [-0.1, -0.05) is 18.2 Å². The summed E-state index contributed by atoms with van der Waals surface area (Å²) in [7, 11) is 0. The summed E-state index contributed by atoms with van der Waals surface area (Å²) in [5.74, 6) is 0.381. The van der Waals surface area contributed by atoms with E-state index in [1.807, 2.05) is 30.3 Å². The molecule has 0 aliphatic carbocycles. The second kappa shape index (κ2) is 5.06. The molecular weight excluding hydrogens is 296 g/mol. The lowest BCUT2D eigenvalue weighted by Gasteiger charge is -2.04. The van der Waals surface area contributed by atoms with Crippen LogP contribution in [0.15, 0.2) is 55.0 Å². The first-order valence-corrected chi connectivity index (χ1v) is 6.85. The van der Waals surface area contributed by atoms with Crippen LogP contribution in [0.3, 0.4) is 0 Å². The summed E-state index contributed by atoms with van der Waals surface area (Å²) in [5, 5.41) is 13.2. The molecule has 0 saturated carbocycles. The second-order valence-electron chi connectivity index (χ2n) is 4.95. The van der Waals surface area contributed by atoms with Crippen LogP contribution in [0.5, 0.6) is 11.6 Å². The molecule has 0 bridgehead atoms. The Morgan fingerprint density at radius 1 is 1.09 bits per heavy atom. The van der Waals surface area contributed by atoms with Crippen molar-refractivity contribution < 1.29 is 9.66 Å². The van der Waals surface area contributed by atoms with Crippen LogP contribution in [0, 0.1) is 10.1 Å². The Balaban J connectivity index is 1.78. The maximum Gasteiger partial charge on any atom is 0.349 e. The minimum atomic E-state index is -0.573. The van der Waals surface area contributed by atoms with Crippen LogP contribution in [-0.2, 0) is 0 Å². The van der Waals surface area contributed by atoms with E-state index in [1.54, 1.807) is 12.1 Å². The first kappa shape index (κ1) is 13.2. The van der Waals surface area contributed by atoms with Gasteiger partial charge < -0.3 is 9.72 Å². The van der Waals surface area contributed by atoms with Gasteiger partial charge in [-0.15, -0.1) is 0 Å². The molecule has 0 radical (unpaired) electrons. The zero-order valence-corrected chi connectivity index (χ0v) is 11.8. The molecule has 0 amide bonds. The summed E-state index contributed by atoms with van der Waals surface area (Å²) in [6.45, 7) is 0. The molecule has 2 heterocycles. The summed E-state index contributed by atoms with van der Waals surface area (Å²) < 4.78 is 5.56. The molecule has 4 aromatic rings. The maximum atomic E-state index is 11.0. The largest absolute Gasteiger partial charge is 0.434 e. The monoisotopic (exact) mass is 306 g/mol. The molecule has 112 valence electrons. The van der Waals surface area contributed by atoms with E-state index in [-0.39, 0.29) is 11.6 Å². The van der Waals surface area contributed by atoms with Gasteiger partial charge in [0.1, 0.15) is 18.3 Å².